The molecule has 1 aliphatic heterocycles. The number of fused-ring (bicyclic) bond motifs is 1. The molecule has 210 valence electrons. The van der Waals surface area contributed by atoms with Gasteiger partial charge in [-0.05, 0) is 64.2 Å². The van der Waals surface area contributed by atoms with Crippen molar-refractivity contribution in [3.63, 3.8) is 0 Å². The first-order chi connectivity index (χ1) is 18.6. The maximum atomic E-state index is 13.9. The minimum absolute atomic E-state index is 0.176. The maximum Gasteiger partial charge on any atom is 0.223 e. The molecule has 0 radical (unpaired) electrons. The molecule has 1 saturated carbocycles. The molecule has 5 atom stereocenters. The summed E-state index contributed by atoms with van der Waals surface area (Å²) in [6, 6.07) is 5.33. The molecule has 8 heteroatoms. The van der Waals surface area contributed by atoms with E-state index in [4.69, 9.17) is 9.15 Å². The van der Waals surface area contributed by atoms with Crippen molar-refractivity contribution in [1.82, 2.24) is 10.3 Å². The number of aliphatic hydroxyl groups is 2. The molecule has 0 bridgehead atoms. The lowest BCUT2D eigenvalue weighted by molar-refractivity contribution is -0.157. The molecule has 1 aromatic carbocycles. The molecule has 0 unspecified atom stereocenters. The van der Waals surface area contributed by atoms with Crippen molar-refractivity contribution in [1.29, 1.82) is 0 Å². The Hall–Kier alpha value is -2.99. The lowest BCUT2D eigenvalue weighted by Gasteiger charge is -2.46. The monoisotopic (exact) mass is 536 g/mol. The SMILES string of the molecule is CC#CC[C@H]1C(=O)C2(CCC2)[C@@H](O)CC(=O)N[C@H](c2ccc3oc(C)nc3c2)C/C=C(/C)CCO[C@H](C)[C@H]1O. The van der Waals surface area contributed by atoms with E-state index in [2.05, 4.69) is 28.2 Å². The summed E-state index contributed by atoms with van der Waals surface area (Å²) in [6.45, 7) is 7.64. The summed E-state index contributed by atoms with van der Waals surface area (Å²) in [5, 5.41) is 25.5. The lowest BCUT2D eigenvalue weighted by atomic mass is 9.58. The third-order valence-electron chi connectivity index (χ3n) is 8.32. The van der Waals surface area contributed by atoms with E-state index in [1.165, 1.54) is 0 Å². The van der Waals surface area contributed by atoms with Crippen LogP contribution < -0.4 is 5.32 Å². The highest BCUT2D eigenvalue weighted by Gasteiger charge is 2.53. The van der Waals surface area contributed by atoms with Gasteiger partial charge in [0.2, 0.25) is 5.91 Å². The van der Waals surface area contributed by atoms with Gasteiger partial charge in [0.05, 0.1) is 48.7 Å². The summed E-state index contributed by atoms with van der Waals surface area (Å²) >= 11 is 0. The Morgan fingerprint density at radius 3 is 2.67 bits per heavy atom. The van der Waals surface area contributed by atoms with E-state index >= 15 is 0 Å². The Morgan fingerprint density at radius 1 is 1.21 bits per heavy atom. The normalized spacial score (nSPS) is 30.1. The van der Waals surface area contributed by atoms with Gasteiger partial charge in [-0.1, -0.05) is 24.1 Å². The molecule has 3 N–H and O–H groups in total. The van der Waals surface area contributed by atoms with E-state index in [-0.39, 0.29) is 30.6 Å². The fraction of sp³-hybridized carbons (Fsp3) is 0.581. The van der Waals surface area contributed by atoms with Gasteiger partial charge in [-0.3, -0.25) is 9.59 Å². The van der Waals surface area contributed by atoms with Crippen LogP contribution in [-0.4, -0.2) is 51.8 Å². The summed E-state index contributed by atoms with van der Waals surface area (Å²) in [4.78, 5) is 31.6. The van der Waals surface area contributed by atoms with E-state index in [0.717, 1.165) is 17.6 Å². The van der Waals surface area contributed by atoms with Crippen LogP contribution in [-0.2, 0) is 14.3 Å². The van der Waals surface area contributed by atoms with Crippen LogP contribution in [0.5, 0.6) is 0 Å². The third kappa shape index (κ3) is 6.43. The van der Waals surface area contributed by atoms with E-state index in [9.17, 15) is 19.8 Å². The molecular formula is C31H40N2O6. The van der Waals surface area contributed by atoms with Crippen molar-refractivity contribution in [2.24, 2.45) is 11.3 Å². The number of carbonyl (C=O) groups excluding carboxylic acids is 2. The van der Waals surface area contributed by atoms with E-state index < -0.39 is 29.6 Å². The quantitative estimate of drug-likeness (QED) is 0.386. The second-order valence-electron chi connectivity index (χ2n) is 11.0. The molecule has 2 aliphatic rings. The highest BCUT2D eigenvalue weighted by Crippen LogP contribution is 2.48. The Bertz CT molecular complexity index is 1280. The molecule has 1 amide bonds. The number of amides is 1. The van der Waals surface area contributed by atoms with Crippen LogP contribution in [0.1, 0.15) is 83.2 Å². The van der Waals surface area contributed by atoms with Crippen LogP contribution in [0, 0.1) is 30.1 Å². The van der Waals surface area contributed by atoms with E-state index in [1.807, 2.05) is 25.1 Å². The standard InChI is InChI=1S/C31H40N2O6/c1-5-6-8-23-29(36)20(3)38-16-13-19(2)9-11-24(22-10-12-26-25(17-22)32-21(4)39-26)33-28(35)18-27(34)31(30(23)37)14-7-15-31/h9-10,12,17,20,23-24,27,29,34,36H,7-8,11,13-16,18H2,1-4H3,(H,33,35)/b19-9-/t20-,23-,24+,27+,29-/m1/s1. The zero-order valence-electron chi connectivity index (χ0n) is 23.3. The fourth-order valence-corrected chi connectivity index (χ4v) is 5.68. The smallest absolute Gasteiger partial charge is 0.223 e. The molecule has 4 rings (SSSR count). The molecule has 8 nitrogen and oxygen atoms in total. The molecule has 1 aliphatic carbocycles. The number of aliphatic hydroxyl groups excluding tert-OH is 2. The Kier molecular flexibility index (Phi) is 9.27. The average Bonchev–Trinajstić information content (AvgIpc) is 3.24. The van der Waals surface area contributed by atoms with Crippen LogP contribution in [0.15, 0.2) is 34.3 Å². The number of hydrogen-bond donors (Lipinski definition) is 3. The maximum absolute atomic E-state index is 13.9. The number of nitrogens with zero attached hydrogens (tertiary/aromatic N) is 1. The molecule has 39 heavy (non-hydrogen) atoms. The highest BCUT2D eigenvalue weighted by atomic mass is 16.5. The van der Waals surface area contributed by atoms with Crippen molar-refractivity contribution in [2.45, 2.75) is 97.0 Å². The number of carbonyl (C=O) groups is 2. The Morgan fingerprint density at radius 2 is 1.97 bits per heavy atom. The van der Waals surface area contributed by atoms with Crippen LogP contribution in [0.25, 0.3) is 11.1 Å². The van der Waals surface area contributed by atoms with Crippen molar-refractivity contribution < 1.29 is 29.0 Å². The number of nitrogens with one attached hydrogen (secondary N) is 1. The van der Waals surface area contributed by atoms with Gasteiger partial charge in [-0.2, -0.15) is 0 Å². The number of hydrogen-bond acceptors (Lipinski definition) is 7. The summed E-state index contributed by atoms with van der Waals surface area (Å²) in [5.41, 5.74) is 2.29. The zero-order valence-corrected chi connectivity index (χ0v) is 23.3. The van der Waals surface area contributed by atoms with Crippen molar-refractivity contribution >= 4 is 22.8 Å². The van der Waals surface area contributed by atoms with Crippen LogP contribution in [0.4, 0.5) is 0 Å². The minimum Gasteiger partial charge on any atom is -0.441 e. The molecule has 2 heterocycles. The van der Waals surface area contributed by atoms with Crippen LogP contribution in [0.2, 0.25) is 0 Å². The number of aromatic nitrogens is 1. The molecular weight excluding hydrogens is 496 g/mol. The molecule has 1 aromatic heterocycles. The summed E-state index contributed by atoms with van der Waals surface area (Å²) in [5.74, 6) is 4.96. The first kappa shape index (κ1) is 29.0. The van der Waals surface area contributed by atoms with Gasteiger partial charge < -0.3 is 24.7 Å². The summed E-state index contributed by atoms with van der Waals surface area (Å²) in [6.07, 6.45) is 2.17. The Labute approximate surface area is 230 Å². The summed E-state index contributed by atoms with van der Waals surface area (Å²) in [7, 11) is 0. The van der Waals surface area contributed by atoms with Gasteiger partial charge in [-0.15, -0.1) is 11.8 Å². The lowest BCUT2D eigenvalue weighted by Crippen LogP contribution is -2.54. The van der Waals surface area contributed by atoms with Gasteiger partial charge in [0.1, 0.15) is 11.3 Å². The second-order valence-corrected chi connectivity index (χ2v) is 11.0. The molecule has 1 fully saturated rings. The van der Waals surface area contributed by atoms with E-state index in [1.54, 1.807) is 20.8 Å². The van der Waals surface area contributed by atoms with Gasteiger partial charge in [-0.25, -0.2) is 4.98 Å². The van der Waals surface area contributed by atoms with Gasteiger partial charge in [0.25, 0.3) is 0 Å². The fourth-order valence-electron chi connectivity index (χ4n) is 5.68. The number of Topliss-reactive ketones (excluding diaryl/α,β-unsaturated/α-hetero) is 1. The minimum atomic E-state index is -1.16. The van der Waals surface area contributed by atoms with Crippen molar-refractivity contribution in [3.05, 3.63) is 41.3 Å². The number of ether oxygens (including phenoxy) is 1. The predicted octanol–water partition coefficient (Wildman–Crippen LogP) is 4.32. The molecule has 1 spiro atoms. The number of benzene rings is 1. The predicted molar refractivity (Wildman–Crippen MR) is 148 cm³/mol. The first-order valence-corrected chi connectivity index (χ1v) is 13.9. The number of oxazole rings is 1. The largest absolute Gasteiger partial charge is 0.441 e. The topological polar surface area (TPSA) is 122 Å². The van der Waals surface area contributed by atoms with Crippen molar-refractivity contribution in [3.8, 4) is 11.8 Å². The molecule has 2 aromatic rings. The van der Waals surface area contributed by atoms with Gasteiger partial charge in [0.15, 0.2) is 11.5 Å². The number of ketones is 1. The second kappa shape index (κ2) is 12.5. The Balaban J connectivity index is 1.65. The third-order valence-corrected chi connectivity index (χ3v) is 8.32. The summed E-state index contributed by atoms with van der Waals surface area (Å²) < 4.78 is 11.6. The molecule has 0 saturated heterocycles. The van der Waals surface area contributed by atoms with Gasteiger partial charge >= 0.3 is 0 Å². The van der Waals surface area contributed by atoms with Crippen LogP contribution >= 0.6 is 0 Å². The zero-order chi connectivity index (χ0) is 28.2. The first-order valence-electron chi connectivity index (χ1n) is 13.9. The highest BCUT2D eigenvalue weighted by molar-refractivity contribution is 5.90. The van der Waals surface area contributed by atoms with Crippen molar-refractivity contribution in [2.75, 3.05) is 6.61 Å². The number of rotatable bonds is 2. The average molecular weight is 537 g/mol. The van der Waals surface area contributed by atoms with Gasteiger partial charge in [0, 0.05) is 13.3 Å². The van der Waals surface area contributed by atoms with Crippen LogP contribution in [0.3, 0.4) is 0 Å². The number of aryl methyl sites for hydroxylation is 1. The van der Waals surface area contributed by atoms with E-state index in [0.29, 0.717) is 49.3 Å².